The Labute approximate surface area is 224 Å². The van der Waals surface area contributed by atoms with Crippen LogP contribution in [0.1, 0.15) is 77.8 Å². The maximum atomic E-state index is 13.4. The average molecular weight is 521 g/mol. The zero-order valence-corrected chi connectivity index (χ0v) is 23.0. The molecule has 0 fully saturated rings. The van der Waals surface area contributed by atoms with Gasteiger partial charge in [0.05, 0.1) is 11.1 Å². The predicted octanol–water partition coefficient (Wildman–Crippen LogP) is 6.11. The number of hydrogen-bond acceptors (Lipinski definition) is 7. The summed E-state index contributed by atoms with van der Waals surface area (Å²) in [5, 5.41) is 0. The molecule has 1 heterocycles. The molecule has 0 radical (unpaired) electrons. The zero-order chi connectivity index (χ0) is 28.0. The second-order valence-electron chi connectivity index (χ2n) is 10.1. The van der Waals surface area contributed by atoms with Crippen molar-refractivity contribution in [1.82, 2.24) is 0 Å². The molecule has 1 aromatic carbocycles. The van der Waals surface area contributed by atoms with E-state index < -0.39 is 29.1 Å². The highest BCUT2D eigenvalue weighted by Gasteiger charge is 2.49. The molecule has 0 saturated carbocycles. The summed E-state index contributed by atoms with van der Waals surface area (Å²) in [7, 11) is 0. The maximum absolute atomic E-state index is 13.4. The highest BCUT2D eigenvalue weighted by molar-refractivity contribution is 6.27. The molecule has 1 aromatic rings. The minimum atomic E-state index is -1.99. The fourth-order valence-electron chi connectivity index (χ4n) is 4.56. The van der Waals surface area contributed by atoms with Crippen molar-refractivity contribution in [2.24, 2.45) is 5.92 Å². The van der Waals surface area contributed by atoms with Crippen molar-refractivity contribution in [3.05, 3.63) is 70.5 Å². The Morgan fingerprint density at radius 3 is 2.53 bits per heavy atom. The van der Waals surface area contributed by atoms with Gasteiger partial charge < -0.3 is 14.2 Å². The number of rotatable bonds is 10. The molecule has 38 heavy (non-hydrogen) atoms. The van der Waals surface area contributed by atoms with Crippen LogP contribution in [0.4, 0.5) is 0 Å². The van der Waals surface area contributed by atoms with Crippen LogP contribution in [0.5, 0.6) is 5.75 Å². The standard InChI is InChI=1S/C31H36O7/c1-7-8-9-10-12-19(2)15-21(4)30(35)38-31(6)27(33)17-23-16-26(36-18-24(23)29(31)34)28-20(3)13-11-14-25(28)37-22(5)32/h11,13-19H,7-10,12H2,1-6H3. The molecule has 1 aliphatic carbocycles. The second-order valence-corrected chi connectivity index (χ2v) is 10.1. The highest BCUT2D eigenvalue weighted by Crippen LogP contribution is 2.39. The number of hydrogen-bond donors (Lipinski definition) is 0. The van der Waals surface area contributed by atoms with Crippen molar-refractivity contribution in [3.8, 4) is 5.75 Å². The molecule has 0 bridgehead atoms. The largest absolute Gasteiger partial charge is 0.463 e. The summed E-state index contributed by atoms with van der Waals surface area (Å²) in [6, 6.07) is 5.21. The number of ketones is 2. The number of Topliss-reactive ketones (excluding diaryl/α,β-unsaturated/α-hetero) is 1. The van der Waals surface area contributed by atoms with Crippen molar-refractivity contribution in [2.45, 2.75) is 79.2 Å². The van der Waals surface area contributed by atoms with E-state index in [9.17, 15) is 19.2 Å². The van der Waals surface area contributed by atoms with Crippen LogP contribution >= 0.6 is 0 Å². The van der Waals surface area contributed by atoms with Crippen molar-refractivity contribution >= 4 is 29.3 Å². The molecule has 7 heteroatoms. The monoisotopic (exact) mass is 520 g/mol. The molecule has 2 unspecified atom stereocenters. The molecular weight excluding hydrogens is 484 g/mol. The van der Waals surface area contributed by atoms with Gasteiger partial charge in [-0.3, -0.25) is 14.4 Å². The summed E-state index contributed by atoms with van der Waals surface area (Å²) in [6.07, 6.45) is 11.4. The summed E-state index contributed by atoms with van der Waals surface area (Å²) in [6.45, 7) is 10.3. The second kappa shape index (κ2) is 12.2. The fraction of sp³-hybridized carbons (Fsp3) is 0.419. The first-order valence-corrected chi connectivity index (χ1v) is 13.1. The minimum absolute atomic E-state index is 0.122. The lowest BCUT2D eigenvalue weighted by Gasteiger charge is -2.32. The van der Waals surface area contributed by atoms with Crippen LogP contribution in [0.3, 0.4) is 0 Å². The lowest BCUT2D eigenvalue weighted by Crippen LogP contribution is -2.50. The van der Waals surface area contributed by atoms with Crippen LogP contribution in [-0.2, 0) is 28.7 Å². The predicted molar refractivity (Wildman–Crippen MR) is 144 cm³/mol. The van der Waals surface area contributed by atoms with Gasteiger partial charge in [0.25, 0.3) is 0 Å². The van der Waals surface area contributed by atoms with Gasteiger partial charge in [-0.05, 0) is 62.5 Å². The van der Waals surface area contributed by atoms with Crippen molar-refractivity contribution in [2.75, 3.05) is 0 Å². The summed E-state index contributed by atoms with van der Waals surface area (Å²) in [4.78, 5) is 50.9. The van der Waals surface area contributed by atoms with E-state index in [2.05, 4.69) is 6.92 Å². The van der Waals surface area contributed by atoms with Crippen LogP contribution < -0.4 is 4.74 Å². The Bertz CT molecular complexity index is 1260. The van der Waals surface area contributed by atoms with Crippen LogP contribution in [0.2, 0.25) is 0 Å². The third-order valence-electron chi connectivity index (χ3n) is 6.74. The Hall–Kier alpha value is -3.74. The highest BCUT2D eigenvalue weighted by atomic mass is 16.6. The summed E-state index contributed by atoms with van der Waals surface area (Å²) in [5.74, 6) is -1.68. The molecule has 0 spiro atoms. The van der Waals surface area contributed by atoms with E-state index in [0.29, 0.717) is 28.2 Å². The lowest BCUT2D eigenvalue weighted by molar-refractivity contribution is -0.165. The van der Waals surface area contributed by atoms with E-state index in [1.165, 1.54) is 32.6 Å². The zero-order valence-electron chi connectivity index (χ0n) is 23.0. The molecule has 1 aliphatic heterocycles. The molecule has 202 valence electrons. The first kappa shape index (κ1) is 28.8. The van der Waals surface area contributed by atoms with E-state index in [4.69, 9.17) is 14.2 Å². The van der Waals surface area contributed by atoms with Crippen molar-refractivity contribution in [1.29, 1.82) is 0 Å². The number of carbonyl (C=O) groups is 4. The fourth-order valence-corrected chi connectivity index (χ4v) is 4.56. The van der Waals surface area contributed by atoms with Gasteiger partial charge in [0, 0.05) is 12.5 Å². The third-order valence-corrected chi connectivity index (χ3v) is 6.74. The normalized spacial score (nSPS) is 19.9. The lowest BCUT2D eigenvalue weighted by atomic mass is 9.80. The van der Waals surface area contributed by atoms with E-state index in [0.717, 1.165) is 31.2 Å². The van der Waals surface area contributed by atoms with Crippen molar-refractivity contribution < 1.29 is 33.4 Å². The molecule has 7 nitrogen and oxygen atoms in total. The number of allylic oxidation sites excluding steroid dienone is 3. The number of ether oxygens (including phenoxy) is 3. The number of unbranched alkanes of at least 4 members (excludes halogenated alkanes) is 3. The maximum Gasteiger partial charge on any atom is 0.334 e. The Kier molecular flexibility index (Phi) is 9.26. The molecule has 0 aromatic heterocycles. The SMILES string of the molecule is CCCCCCC(C)C=C(C)C(=O)OC1(C)C(=O)C=C2C=C(c3c(C)cccc3OC(C)=O)OC=C2C1=O. The summed E-state index contributed by atoms with van der Waals surface area (Å²) in [5.41, 5.74) is 0.131. The van der Waals surface area contributed by atoms with E-state index in [1.807, 2.05) is 26.0 Å². The minimum Gasteiger partial charge on any atom is -0.463 e. The Morgan fingerprint density at radius 1 is 1.11 bits per heavy atom. The summed E-state index contributed by atoms with van der Waals surface area (Å²) >= 11 is 0. The molecular formula is C31H36O7. The summed E-state index contributed by atoms with van der Waals surface area (Å²) < 4.78 is 16.6. The van der Waals surface area contributed by atoms with Gasteiger partial charge in [0.15, 0.2) is 0 Å². The van der Waals surface area contributed by atoms with Crippen LogP contribution in [0.25, 0.3) is 5.76 Å². The van der Waals surface area contributed by atoms with Gasteiger partial charge >= 0.3 is 11.9 Å². The van der Waals surface area contributed by atoms with E-state index in [-0.39, 0.29) is 11.5 Å². The number of benzene rings is 1. The van der Waals surface area contributed by atoms with Crippen LogP contribution in [0.15, 0.2) is 59.4 Å². The molecule has 3 rings (SSSR count). The molecule has 2 aliphatic rings. The van der Waals surface area contributed by atoms with Crippen molar-refractivity contribution in [3.63, 3.8) is 0 Å². The van der Waals surface area contributed by atoms with Gasteiger partial charge in [-0.25, -0.2) is 4.79 Å². The Balaban J connectivity index is 1.82. The topological polar surface area (TPSA) is 96.0 Å². The quantitative estimate of drug-likeness (QED) is 0.121. The Morgan fingerprint density at radius 2 is 1.84 bits per heavy atom. The van der Waals surface area contributed by atoms with Gasteiger partial charge in [-0.2, -0.15) is 0 Å². The van der Waals surface area contributed by atoms with E-state index in [1.54, 1.807) is 25.1 Å². The van der Waals surface area contributed by atoms with Crippen LogP contribution in [-0.4, -0.2) is 29.1 Å². The molecule has 2 atom stereocenters. The number of fused-ring (bicyclic) bond motifs is 1. The van der Waals surface area contributed by atoms with Gasteiger partial charge in [0.1, 0.15) is 17.8 Å². The van der Waals surface area contributed by atoms with Gasteiger partial charge in [-0.15, -0.1) is 0 Å². The number of aryl methyl sites for hydroxylation is 1. The molecule has 0 N–H and O–H groups in total. The van der Waals surface area contributed by atoms with Gasteiger partial charge in [0.2, 0.25) is 17.2 Å². The average Bonchev–Trinajstić information content (AvgIpc) is 2.85. The first-order valence-electron chi connectivity index (χ1n) is 13.1. The van der Waals surface area contributed by atoms with Crippen LogP contribution in [0, 0.1) is 12.8 Å². The van der Waals surface area contributed by atoms with E-state index >= 15 is 0 Å². The number of esters is 2. The third kappa shape index (κ3) is 6.39. The first-order chi connectivity index (χ1) is 18.0. The molecule has 0 saturated heterocycles. The van der Waals surface area contributed by atoms with Gasteiger partial charge in [-0.1, -0.05) is 57.7 Å². The smallest absolute Gasteiger partial charge is 0.334 e. The number of carbonyl (C=O) groups excluding carboxylic acids is 4. The molecule has 0 amide bonds.